The van der Waals surface area contributed by atoms with E-state index in [9.17, 15) is 0 Å². The van der Waals surface area contributed by atoms with Gasteiger partial charge in [0.15, 0.2) is 0 Å². The Balaban J connectivity index is 3.14. The van der Waals surface area contributed by atoms with Crippen LogP contribution in [-0.2, 0) is 0 Å². The minimum absolute atomic E-state index is 0.733. The van der Waals surface area contributed by atoms with Crippen LogP contribution in [-0.4, -0.2) is 20.2 Å². The van der Waals surface area contributed by atoms with Crippen molar-refractivity contribution in [3.8, 4) is 5.75 Å². The van der Waals surface area contributed by atoms with Crippen molar-refractivity contribution in [1.82, 2.24) is 0 Å². The molecule has 0 heterocycles. The summed E-state index contributed by atoms with van der Waals surface area (Å²) in [5.41, 5.74) is 9.32. The number of nitrogens with two attached hydrogens (primary N) is 1. The van der Waals surface area contributed by atoms with E-state index in [0.29, 0.717) is 0 Å². The van der Waals surface area contributed by atoms with Gasteiger partial charge in [-0.2, -0.15) is 0 Å². The van der Waals surface area contributed by atoms with E-state index in [1.165, 1.54) is 57.1 Å². The number of methoxy groups -OCH3 is 1. The summed E-state index contributed by atoms with van der Waals surface area (Å²) in [5, 5.41) is 0. The van der Waals surface area contributed by atoms with Gasteiger partial charge in [0, 0.05) is 24.8 Å². The average molecular weight is 377 g/mol. The van der Waals surface area contributed by atoms with Gasteiger partial charge in [0.05, 0.1) is 12.8 Å². The van der Waals surface area contributed by atoms with E-state index in [1.54, 1.807) is 7.11 Å². The second-order valence-electron chi connectivity index (χ2n) is 8.12. The van der Waals surface area contributed by atoms with Crippen molar-refractivity contribution in [2.75, 3.05) is 30.8 Å². The molecule has 0 aliphatic heterocycles. The highest BCUT2D eigenvalue weighted by molar-refractivity contribution is 5.67. The molecule has 0 fully saturated rings. The molecule has 0 aliphatic rings. The van der Waals surface area contributed by atoms with Crippen LogP contribution in [0, 0.1) is 18.8 Å². The van der Waals surface area contributed by atoms with Crippen molar-refractivity contribution >= 4 is 11.4 Å². The Morgan fingerprint density at radius 3 is 1.85 bits per heavy atom. The van der Waals surface area contributed by atoms with Crippen LogP contribution in [0.1, 0.15) is 84.6 Å². The first-order chi connectivity index (χ1) is 13.0. The van der Waals surface area contributed by atoms with E-state index >= 15 is 0 Å². The second-order valence-corrected chi connectivity index (χ2v) is 8.12. The molecule has 3 nitrogen and oxygen atoms in total. The van der Waals surface area contributed by atoms with Crippen molar-refractivity contribution in [3.63, 3.8) is 0 Å². The fraction of sp³-hybridized carbons (Fsp3) is 0.750. The summed E-state index contributed by atoms with van der Waals surface area (Å²) in [5.74, 6) is 2.38. The summed E-state index contributed by atoms with van der Waals surface area (Å²) in [6.07, 6.45) is 10.3. The summed E-state index contributed by atoms with van der Waals surface area (Å²) in [6.45, 7) is 13.6. The van der Waals surface area contributed by atoms with E-state index in [4.69, 9.17) is 10.5 Å². The monoisotopic (exact) mass is 376 g/mol. The maximum absolute atomic E-state index is 6.15. The predicted octanol–water partition coefficient (Wildman–Crippen LogP) is 6.83. The number of unbranched alkanes of at least 4 members (excludes halogenated alkanes) is 2. The molecular formula is C24H44N2O. The smallest absolute Gasteiger partial charge is 0.144 e. The summed E-state index contributed by atoms with van der Waals surface area (Å²) in [6, 6.07) is 4.23. The highest BCUT2D eigenvalue weighted by Crippen LogP contribution is 2.35. The zero-order chi connectivity index (χ0) is 20.2. The van der Waals surface area contributed by atoms with Crippen molar-refractivity contribution in [2.24, 2.45) is 11.8 Å². The van der Waals surface area contributed by atoms with Gasteiger partial charge in [0.25, 0.3) is 0 Å². The number of hydrogen-bond donors (Lipinski definition) is 1. The van der Waals surface area contributed by atoms with Gasteiger partial charge in [0.2, 0.25) is 0 Å². The van der Waals surface area contributed by atoms with Crippen LogP contribution in [0.3, 0.4) is 0 Å². The molecule has 0 saturated carbocycles. The van der Waals surface area contributed by atoms with E-state index in [0.717, 1.165) is 41.9 Å². The Morgan fingerprint density at radius 1 is 0.926 bits per heavy atom. The molecule has 2 unspecified atom stereocenters. The number of ether oxygens (including phenoxy) is 1. The van der Waals surface area contributed by atoms with Crippen LogP contribution in [0.25, 0.3) is 0 Å². The first-order valence-corrected chi connectivity index (χ1v) is 11.2. The Hall–Kier alpha value is -1.38. The zero-order valence-electron chi connectivity index (χ0n) is 18.8. The quantitative estimate of drug-likeness (QED) is 0.362. The third kappa shape index (κ3) is 7.63. The van der Waals surface area contributed by atoms with Crippen LogP contribution in [0.15, 0.2) is 12.1 Å². The molecule has 0 radical (unpaired) electrons. The lowest BCUT2D eigenvalue weighted by molar-refractivity contribution is 0.390. The first-order valence-electron chi connectivity index (χ1n) is 11.2. The number of anilines is 2. The highest BCUT2D eigenvalue weighted by atomic mass is 16.5. The minimum Gasteiger partial charge on any atom is -0.495 e. The minimum atomic E-state index is 0.733. The molecule has 0 aromatic heterocycles. The number of benzene rings is 1. The van der Waals surface area contributed by atoms with Crippen molar-refractivity contribution < 1.29 is 4.74 Å². The molecule has 2 N–H and O–H groups in total. The lowest BCUT2D eigenvalue weighted by Crippen LogP contribution is -2.34. The number of aryl methyl sites for hydroxylation is 1. The molecule has 0 spiro atoms. The first kappa shape index (κ1) is 23.7. The SMILES string of the molecule is CCCCC(CC)CN(CC(CC)CCCC)c1cc(C)c(N)cc1OC. The van der Waals surface area contributed by atoms with Crippen LogP contribution in [0.2, 0.25) is 0 Å². The molecule has 1 aromatic rings. The maximum Gasteiger partial charge on any atom is 0.144 e. The lowest BCUT2D eigenvalue weighted by Gasteiger charge is -2.34. The number of hydrogen-bond acceptors (Lipinski definition) is 3. The third-order valence-electron chi connectivity index (χ3n) is 5.95. The van der Waals surface area contributed by atoms with Crippen molar-refractivity contribution in [2.45, 2.75) is 86.0 Å². The largest absolute Gasteiger partial charge is 0.495 e. The molecule has 0 saturated heterocycles. The molecule has 0 amide bonds. The van der Waals surface area contributed by atoms with Gasteiger partial charge >= 0.3 is 0 Å². The van der Waals surface area contributed by atoms with Crippen molar-refractivity contribution in [3.05, 3.63) is 17.7 Å². The van der Waals surface area contributed by atoms with Gasteiger partial charge in [-0.3, -0.25) is 0 Å². The lowest BCUT2D eigenvalue weighted by atomic mass is 9.95. The maximum atomic E-state index is 6.15. The Bertz CT molecular complexity index is 511. The molecule has 0 bridgehead atoms. The normalized spacial score (nSPS) is 13.4. The predicted molar refractivity (Wildman–Crippen MR) is 121 cm³/mol. The molecule has 1 rings (SSSR count). The van der Waals surface area contributed by atoms with Gasteiger partial charge in [0.1, 0.15) is 5.75 Å². The molecule has 3 heteroatoms. The molecule has 27 heavy (non-hydrogen) atoms. The number of rotatable bonds is 14. The average Bonchev–Trinajstić information content (AvgIpc) is 2.68. The van der Waals surface area contributed by atoms with Gasteiger partial charge in [-0.15, -0.1) is 0 Å². The molecular weight excluding hydrogens is 332 g/mol. The Kier molecular flexibility index (Phi) is 11.3. The summed E-state index contributed by atoms with van der Waals surface area (Å²) < 4.78 is 5.73. The van der Waals surface area contributed by atoms with Crippen LogP contribution < -0.4 is 15.4 Å². The molecule has 0 aliphatic carbocycles. The number of nitrogens with zero attached hydrogens (tertiary/aromatic N) is 1. The zero-order valence-corrected chi connectivity index (χ0v) is 18.8. The fourth-order valence-electron chi connectivity index (χ4n) is 3.83. The van der Waals surface area contributed by atoms with E-state index in [-0.39, 0.29) is 0 Å². The van der Waals surface area contributed by atoms with Gasteiger partial charge in [-0.1, -0.05) is 66.2 Å². The summed E-state index contributed by atoms with van der Waals surface area (Å²) >= 11 is 0. The fourth-order valence-corrected chi connectivity index (χ4v) is 3.83. The van der Waals surface area contributed by atoms with Crippen LogP contribution in [0.5, 0.6) is 5.75 Å². The second kappa shape index (κ2) is 12.9. The molecule has 1 aromatic carbocycles. The summed E-state index contributed by atoms with van der Waals surface area (Å²) in [4.78, 5) is 2.60. The Labute approximate surface area is 168 Å². The summed E-state index contributed by atoms with van der Waals surface area (Å²) in [7, 11) is 1.76. The number of nitrogen functional groups attached to an aromatic ring is 1. The van der Waals surface area contributed by atoms with Crippen LogP contribution >= 0.6 is 0 Å². The molecule has 2 atom stereocenters. The van der Waals surface area contributed by atoms with Gasteiger partial charge in [-0.05, 0) is 43.2 Å². The topological polar surface area (TPSA) is 38.5 Å². The third-order valence-corrected chi connectivity index (χ3v) is 5.95. The Morgan fingerprint density at radius 2 is 1.44 bits per heavy atom. The van der Waals surface area contributed by atoms with Gasteiger partial charge in [-0.25, -0.2) is 0 Å². The van der Waals surface area contributed by atoms with E-state index < -0.39 is 0 Å². The van der Waals surface area contributed by atoms with E-state index in [1.807, 2.05) is 6.07 Å². The standard InChI is InChI=1S/C24H44N2O/c1-7-11-13-20(9-3)17-26(18-21(10-4)14-12-8-2)23-15-19(5)22(25)16-24(23)27-6/h15-16,20-21H,7-14,17-18,25H2,1-6H3. The van der Waals surface area contributed by atoms with Gasteiger partial charge < -0.3 is 15.4 Å². The van der Waals surface area contributed by atoms with E-state index in [2.05, 4.69) is 45.6 Å². The van der Waals surface area contributed by atoms with Crippen LogP contribution in [0.4, 0.5) is 11.4 Å². The van der Waals surface area contributed by atoms with Crippen molar-refractivity contribution in [1.29, 1.82) is 0 Å². The molecule has 156 valence electrons. The highest BCUT2D eigenvalue weighted by Gasteiger charge is 2.21.